The van der Waals surface area contributed by atoms with Crippen LogP contribution in [0.4, 0.5) is 17.6 Å². The molecule has 1 aliphatic heterocycles. The summed E-state index contributed by atoms with van der Waals surface area (Å²) in [6, 6.07) is 9.44. The zero-order valence-electron chi connectivity index (χ0n) is 12.5. The molecule has 0 saturated heterocycles. The van der Waals surface area contributed by atoms with Crippen LogP contribution in [0.3, 0.4) is 0 Å². The van der Waals surface area contributed by atoms with Gasteiger partial charge in [-0.25, -0.2) is 4.98 Å². The van der Waals surface area contributed by atoms with Gasteiger partial charge >= 0.3 is 6.18 Å². The van der Waals surface area contributed by atoms with E-state index in [2.05, 4.69) is 15.3 Å². The SMILES string of the molecule is CF.Clc1ccccc1.FC(F)(F)c1csc(C2=NCC=CN2)n1. The summed E-state index contributed by atoms with van der Waals surface area (Å²) < 4.78 is 46.2. The van der Waals surface area contributed by atoms with Crippen molar-refractivity contribution in [3.8, 4) is 0 Å². The minimum absolute atomic E-state index is 0.256. The van der Waals surface area contributed by atoms with E-state index in [9.17, 15) is 17.6 Å². The second-order valence-corrected chi connectivity index (χ2v) is 5.36. The third-order valence-corrected chi connectivity index (χ3v) is 3.52. The number of aliphatic imine (C=N–C) groups is 1. The number of hydrogen-bond acceptors (Lipinski definition) is 4. The Bertz CT molecular complexity index is 669. The Balaban J connectivity index is 0.000000268. The maximum atomic E-state index is 12.2. The lowest BCUT2D eigenvalue weighted by molar-refractivity contribution is -0.140. The first-order valence-electron chi connectivity index (χ1n) is 6.54. The van der Waals surface area contributed by atoms with Crippen molar-refractivity contribution in [3.05, 3.63) is 63.7 Å². The molecule has 0 saturated carbocycles. The van der Waals surface area contributed by atoms with E-state index in [0.29, 0.717) is 19.6 Å². The van der Waals surface area contributed by atoms with Crippen LogP contribution in [0.15, 0.2) is 53.0 Å². The smallest absolute Gasteiger partial charge is 0.345 e. The molecule has 3 nitrogen and oxygen atoms in total. The van der Waals surface area contributed by atoms with Gasteiger partial charge in [0.1, 0.15) is 0 Å². The minimum Gasteiger partial charge on any atom is -0.345 e. The van der Waals surface area contributed by atoms with Gasteiger partial charge in [-0.05, 0) is 18.2 Å². The summed E-state index contributed by atoms with van der Waals surface area (Å²) in [5.41, 5.74) is -0.874. The molecular formula is C15H14ClF4N3S. The summed E-state index contributed by atoms with van der Waals surface area (Å²) >= 11 is 6.46. The standard InChI is InChI=1S/C8H6F3N3S.C6H5Cl.CH3F/c9-8(10,11)5-4-15-7(14-5)6-12-2-1-3-13-6;7-6-4-2-1-3-5-6;1-2/h1-2,4H,3H2,(H,12,13);1-5H;1H3. The highest BCUT2D eigenvalue weighted by Crippen LogP contribution is 2.30. The molecule has 1 aromatic carbocycles. The van der Waals surface area contributed by atoms with Gasteiger partial charge in [-0.1, -0.05) is 29.8 Å². The Hall–Kier alpha value is -1.93. The van der Waals surface area contributed by atoms with E-state index < -0.39 is 11.9 Å². The molecule has 2 aromatic rings. The normalized spacial score (nSPS) is 12.8. The van der Waals surface area contributed by atoms with Crippen LogP contribution in [0.25, 0.3) is 0 Å². The summed E-state index contributed by atoms with van der Waals surface area (Å²) in [5, 5.41) is 4.78. The number of alkyl halides is 4. The lowest BCUT2D eigenvalue weighted by Gasteiger charge is -2.06. The Morgan fingerprint density at radius 1 is 1.17 bits per heavy atom. The van der Waals surface area contributed by atoms with E-state index in [1.165, 1.54) is 0 Å². The van der Waals surface area contributed by atoms with Crippen LogP contribution >= 0.6 is 22.9 Å². The van der Waals surface area contributed by atoms with Gasteiger partial charge in [0.2, 0.25) is 0 Å². The fourth-order valence-electron chi connectivity index (χ4n) is 1.44. The first-order valence-corrected chi connectivity index (χ1v) is 7.80. The Morgan fingerprint density at radius 2 is 1.83 bits per heavy atom. The summed E-state index contributed by atoms with van der Waals surface area (Å²) in [5.74, 6) is 0.387. The van der Waals surface area contributed by atoms with Crippen LogP contribution in [0.1, 0.15) is 10.7 Å². The van der Waals surface area contributed by atoms with Gasteiger partial charge < -0.3 is 5.32 Å². The second-order valence-electron chi connectivity index (χ2n) is 4.07. The molecule has 1 N–H and O–H groups in total. The molecule has 24 heavy (non-hydrogen) atoms. The maximum Gasteiger partial charge on any atom is 0.434 e. The fraction of sp³-hybridized carbons (Fsp3) is 0.200. The highest BCUT2D eigenvalue weighted by molar-refractivity contribution is 7.11. The third-order valence-electron chi connectivity index (χ3n) is 2.42. The predicted molar refractivity (Wildman–Crippen MR) is 89.3 cm³/mol. The molecule has 0 spiro atoms. The van der Waals surface area contributed by atoms with E-state index in [1.54, 1.807) is 12.3 Å². The number of thiazole rings is 1. The molecule has 0 amide bonds. The van der Waals surface area contributed by atoms with E-state index in [1.807, 2.05) is 30.3 Å². The highest BCUT2D eigenvalue weighted by atomic mass is 35.5. The van der Waals surface area contributed by atoms with E-state index in [-0.39, 0.29) is 5.01 Å². The van der Waals surface area contributed by atoms with Crippen molar-refractivity contribution < 1.29 is 17.6 Å². The topological polar surface area (TPSA) is 37.3 Å². The Morgan fingerprint density at radius 3 is 2.25 bits per heavy atom. The Kier molecular flexibility index (Phi) is 8.42. The van der Waals surface area contributed by atoms with Crippen molar-refractivity contribution in [2.75, 3.05) is 13.7 Å². The highest BCUT2D eigenvalue weighted by Gasteiger charge is 2.34. The number of amidine groups is 1. The zero-order valence-corrected chi connectivity index (χ0v) is 14.1. The van der Waals surface area contributed by atoms with Gasteiger partial charge in [-0.15, -0.1) is 11.3 Å². The first-order chi connectivity index (χ1) is 11.5. The largest absolute Gasteiger partial charge is 0.434 e. The van der Waals surface area contributed by atoms with Crippen molar-refractivity contribution in [1.29, 1.82) is 0 Å². The average molecular weight is 380 g/mol. The van der Waals surface area contributed by atoms with Gasteiger partial charge in [0.15, 0.2) is 16.5 Å². The van der Waals surface area contributed by atoms with Crippen LogP contribution in [0, 0.1) is 0 Å². The Labute approximate surface area is 145 Å². The van der Waals surface area contributed by atoms with Crippen molar-refractivity contribution in [2.45, 2.75) is 6.18 Å². The molecule has 0 fully saturated rings. The van der Waals surface area contributed by atoms with Crippen LogP contribution < -0.4 is 5.32 Å². The number of hydrogen-bond donors (Lipinski definition) is 1. The van der Waals surface area contributed by atoms with Crippen molar-refractivity contribution in [2.24, 2.45) is 4.99 Å². The van der Waals surface area contributed by atoms with Crippen LogP contribution in [-0.4, -0.2) is 24.5 Å². The number of halogens is 5. The molecule has 0 bridgehead atoms. The van der Waals surface area contributed by atoms with Crippen LogP contribution in [0.2, 0.25) is 5.02 Å². The van der Waals surface area contributed by atoms with Crippen LogP contribution in [0.5, 0.6) is 0 Å². The number of nitrogens with one attached hydrogen (secondary N) is 1. The minimum atomic E-state index is -4.39. The van der Waals surface area contributed by atoms with Gasteiger partial charge in [-0.2, -0.15) is 13.2 Å². The number of aromatic nitrogens is 1. The van der Waals surface area contributed by atoms with Crippen molar-refractivity contribution >= 4 is 28.8 Å². The fourth-order valence-corrected chi connectivity index (χ4v) is 2.38. The molecule has 0 atom stereocenters. The lowest BCUT2D eigenvalue weighted by Crippen LogP contribution is -2.22. The molecule has 0 aliphatic carbocycles. The molecule has 130 valence electrons. The predicted octanol–water partition coefficient (Wildman–Crippen LogP) is 4.95. The lowest BCUT2D eigenvalue weighted by atomic mass is 10.4. The van der Waals surface area contributed by atoms with E-state index in [0.717, 1.165) is 21.7 Å². The van der Waals surface area contributed by atoms with Crippen LogP contribution in [-0.2, 0) is 6.18 Å². The summed E-state index contributed by atoms with van der Waals surface area (Å²) in [7, 11) is 0.500. The summed E-state index contributed by atoms with van der Waals surface area (Å²) in [6.45, 7) is 0.462. The molecule has 1 aliphatic rings. The summed E-state index contributed by atoms with van der Waals surface area (Å²) in [4.78, 5) is 7.47. The third kappa shape index (κ3) is 6.67. The van der Waals surface area contributed by atoms with Crippen molar-refractivity contribution in [3.63, 3.8) is 0 Å². The van der Waals surface area contributed by atoms with Gasteiger partial charge in [0, 0.05) is 16.6 Å². The number of benzene rings is 1. The molecule has 9 heteroatoms. The quantitative estimate of drug-likeness (QED) is 0.712. The second kappa shape index (κ2) is 10.0. The molecule has 2 heterocycles. The molecule has 3 rings (SSSR count). The maximum absolute atomic E-state index is 12.2. The number of rotatable bonds is 1. The molecule has 0 radical (unpaired) electrons. The average Bonchev–Trinajstić information content (AvgIpc) is 3.09. The monoisotopic (exact) mass is 379 g/mol. The van der Waals surface area contributed by atoms with Gasteiger partial charge in [-0.3, -0.25) is 9.38 Å². The van der Waals surface area contributed by atoms with Gasteiger partial charge in [0.05, 0.1) is 13.7 Å². The molecule has 1 aromatic heterocycles. The zero-order chi connectivity index (χ0) is 18.0. The van der Waals surface area contributed by atoms with Crippen molar-refractivity contribution in [1.82, 2.24) is 10.3 Å². The molecule has 0 unspecified atom stereocenters. The summed E-state index contributed by atoms with van der Waals surface area (Å²) in [6.07, 6.45) is -0.988. The van der Waals surface area contributed by atoms with Gasteiger partial charge in [0.25, 0.3) is 0 Å². The van der Waals surface area contributed by atoms with E-state index in [4.69, 9.17) is 11.6 Å². The number of nitrogens with zero attached hydrogens (tertiary/aromatic N) is 2. The molecular weight excluding hydrogens is 366 g/mol. The van der Waals surface area contributed by atoms with E-state index >= 15 is 0 Å². The first kappa shape index (κ1) is 20.1.